The third-order valence-electron chi connectivity index (χ3n) is 1.97. The Morgan fingerprint density at radius 2 is 2.07 bits per heavy atom. The van der Waals surface area contributed by atoms with Crippen LogP contribution in [0.4, 0.5) is 0 Å². The minimum absolute atomic E-state index is 0.0665. The number of aliphatic hydroxyl groups excluding tert-OH is 1. The zero-order valence-electron chi connectivity index (χ0n) is 8.73. The molecule has 0 aromatic heterocycles. The molecule has 0 spiro atoms. The molecule has 1 atom stereocenters. The van der Waals surface area contributed by atoms with Gasteiger partial charge >= 0.3 is 0 Å². The smallest absolute Gasteiger partial charge is 0.208 e. The number of ketones is 1. The lowest BCUT2D eigenvalue weighted by molar-refractivity contribution is -0.115. The summed E-state index contributed by atoms with van der Waals surface area (Å²) in [5.74, 6) is 4.96. The van der Waals surface area contributed by atoms with Gasteiger partial charge in [-0.2, -0.15) is 0 Å². The van der Waals surface area contributed by atoms with Crippen molar-refractivity contribution in [3.63, 3.8) is 0 Å². The minimum atomic E-state index is -0.746. The quantitative estimate of drug-likeness (QED) is 0.602. The van der Waals surface area contributed by atoms with Gasteiger partial charge in [-0.25, -0.2) is 0 Å². The molecule has 0 bridgehead atoms. The molecule has 0 radical (unpaired) electrons. The molecule has 1 aromatic carbocycles. The van der Waals surface area contributed by atoms with Gasteiger partial charge in [-0.3, -0.25) is 4.79 Å². The van der Waals surface area contributed by atoms with Gasteiger partial charge in [-0.15, -0.1) is 0 Å². The SMILES string of the molecule is CCC#CC(=O)C[C@H](O)c1ccccc1. The molecule has 0 aliphatic heterocycles. The Bertz CT molecular complexity index is 371. The third kappa shape index (κ3) is 3.97. The molecular formula is C13H14O2. The van der Waals surface area contributed by atoms with E-state index in [4.69, 9.17) is 0 Å². The average Bonchev–Trinajstić information content (AvgIpc) is 2.27. The van der Waals surface area contributed by atoms with Crippen LogP contribution in [0.15, 0.2) is 30.3 Å². The molecule has 0 fully saturated rings. The summed E-state index contributed by atoms with van der Waals surface area (Å²) in [5.41, 5.74) is 0.754. The summed E-state index contributed by atoms with van der Waals surface area (Å²) >= 11 is 0. The van der Waals surface area contributed by atoms with Crippen molar-refractivity contribution in [3.05, 3.63) is 35.9 Å². The summed E-state index contributed by atoms with van der Waals surface area (Å²) in [6, 6.07) is 9.13. The number of Topliss-reactive ketones (excluding diaryl/α,β-unsaturated/α-hetero) is 1. The van der Waals surface area contributed by atoms with E-state index in [1.165, 1.54) is 0 Å². The zero-order chi connectivity index (χ0) is 11.1. The number of aliphatic hydroxyl groups is 1. The molecule has 0 saturated heterocycles. The van der Waals surface area contributed by atoms with Gasteiger partial charge in [-0.1, -0.05) is 43.2 Å². The molecule has 1 N–H and O–H groups in total. The van der Waals surface area contributed by atoms with E-state index in [1.54, 1.807) is 12.1 Å². The van der Waals surface area contributed by atoms with Gasteiger partial charge in [0.25, 0.3) is 0 Å². The predicted molar refractivity (Wildman–Crippen MR) is 59.1 cm³/mol. The first-order valence-corrected chi connectivity index (χ1v) is 4.98. The van der Waals surface area contributed by atoms with Gasteiger partial charge in [-0.05, 0) is 11.5 Å². The predicted octanol–water partition coefficient (Wildman–Crippen LogP) is 2.09. The molecule has 0 aliphatic carbocycles. The van der Waals surface area contributed by atoms with Crippen LogP contribution in [0.2, 0.25) is 0 Å². The number of carbonyl (C=O) groups excluding carboxylic acids is 1. The fraction of sp³-hybridized carbons (Fsp3) is 0.308. The number of carbonyl (C=O) groups is 1. The number of hydrogen-bond donors (Lipinski definition) is 1. The first-order chi connectivity index (χ1) is 7.24. The minimum Gasteiger partial charge on any atom is -0.388 e. The van der Waals surface area contributed by atoms with Gasteiger partial charge in [0.1, 0.15) is 0 Å². The molecule has 15 heavy (non-hydrogen) atoms. The first kappa shape index (κ1) is 11.5. The van der Waals surface area contributed by atoms with Crippen molar-refractivity contribution in [2.24, 2.45) is 0 Å². The summed E-state index contributed by atoms with van der Waals surface area (Å²) in [4.78, 5) is 11.3. The van der Waals surface area contributed by atoms with Gasteiger partial charge in [0.2, 0.25) is 5.78 Å². The maximum atomic E-state index is 11.3. The van der Waals surface area contributed by atoms with E-state index in [0.29, 0.717) is 6.42 Å². The Morgan fingerprint density at radius 1 is 1.40 bits per heavy atom. The standard InChI is InChI=1S/C13H14O2/c1-2-3-9-12(14)10-13(15)11-7-5-4-6-8-11/h4-8,13,15H,2,10H2,1H3/t13-/m0/s1. The highest BCUT2D eigenvalue weighted by Gasteiger charge is 2.10. The topological polar surface area (TPSA) is 37.3 Å². The van der Waals surface area contributed by atoms with E-state index in [-0.39, 0.29) is 12.2 Å². The fourth-order valence-electron chi connectivity index (χ4n) is 1.21. The Labute approximate surface area is 89.9 Å². The summed E-state index contributed by atoms with van der Waals surface area (Å²) in [6.07, 6.45) is -0.0191. The Kier molecular flexibility index (Phi) is 4.59. The lowest BCUT2D eigenvalue weighted by atomic mass is 10.0. The van der Waals surface area contributed by atoms with Gasteiger partial charge in [0.05, 0.1) is 6.10 Å². The highest BCUT2D eigenvalue weighted by Crippen LogP contribution is 2.15. The van der Waals surface area contributed by atoms with E-state index >= 15 is 0 Å². The molecule has 78 valence electrons. The summed E-state index contributed by atoms with van der Waals surface area (Å²) in [5, 5.41) is 9.70. The number of hydrogen-bond acceptors (Lipinski definition) is 2. The number of rotatable bonds is 3. The molecule has 0 saturated carbocycles. The molecule has 1 aromatic rings. The maximum Gasteiger partial charge on any atom is 0.208 e. The maximum absolute atomic E-state index is 11.3. The van der Waals surface area contributed by atoms with Crippen molar-refractivity contribution in [3.8, 4) is 11.8 Å². The van der Waals surface area contributed by atoms with Crippen LogP contribution in [0, 0.1) is 11.8 Å². The monoisotopic (exact) mass is 202 g/mol. The lowest BCUT2D eigenvalue weighted by Crippen LogP contribution is -2.04. The highest BCUT2D eigenvalue weighted by molar-refractivity contribution is 5.95. The van der Waals surface area contributed by atoms with Crippen molar-refractivity contribution in [1.82, 2.24) is 0 Å². The summed E-state index contributed by atoms with van der Waals surface area (Å²) in [7, 11) is 0. The van der Waals surface area contributed by atoms with Crippen LogP contribution in [-0.2, 0) is 4.79 Å². The van der Waals surface area contributed by atoms with E-state index in [2.05, 4.69) is 11.8 Å². The summed E-state index contributed by atoms with van der Waals surface area (Å²) < 4.78 is 0. The van der Waals surface area contributed by atoms with Gasteiger partial charge < -0.3 is 5.11 Å². The Morgan fingerprint density at radius 3 is 2.67 bits per heavy atom. The van der Waals surface area contributed by atoms with Crippen LogP contribution in [0.3, 0.4) is 0 Å². The van der Waals surface area contributed by atoms with E-state index in [9.17, 15) is 9.90 Å². The Balaban J connectivity index is 2.56. The van der Waals surface area contributed by atoms with Crippen LogP contribution in [0.25, 0.3) is 0 Å². The first-order valence-electron chi connectivity index (χ1n) is 4.98. The lowest BCUT2D eigenvalue weighted by Gasteiger charge is -2.07. The number of benzene rings is 1. The second-order valence-corrected chi connectivity index (χ2v) is 3.21. The van der Waals surface area contributed by atoms with Crippen LogP contribution in [0.1, 0.15) is 31.4 Å². The second kappa shape index (κ2) is 6.00. The van der Waals surface area contributed by atoms with Crippen molar-refractivity contribution >= 4 is 5.78 Å². The molecule has 0 heterocycles. The molecular weight excluding hydrogens is 188 g/mol. The second-order valence-electron chi connectivity index (χ2n) is 3.21. The molecule has 2 nitrogen and oxygen atoms in total. The molecule has 0 amide bonds. The third-order valence-corrected chi connectivity index (χ3v) is 1.97. The fourth-order valence-corrected chi connectivity index (χ4v) is 1.21. The van der Waals surface area contributed by atoms with Gasteiger partial charge in [0.15, 0.2) is 0 Å². The van der Waals surface area contributed by atoms with Crippen molar-refractivity contribution < 1.29 is 9.90 Å². The van der Waals surface area contributed by atoms with Gasteiger partial charge in [0, 0.05) is 12.8 Å². The van der Waals surface area contributed by atoms with Crippen molar-refractivity contribution in [2.75, 3.05) is 0 Å². The van der Waals surface area contributed by atoms with Crippen LogP contribution >= 0.6 is 0 Å². The summed E-state index contributed by atoms with van der Waals surface area (Å²) in [6.45, 7) is 1.88. The molecule has 0 unspecified atom stereocenters. The molecule has 0 aliphatic rings. The van der Waals surface area contributed by atoms with E-state index in [1.807, 2.05) is 25.1 Å². The highest BCUT2D eigenvalue weighted by atomic mass is 16.3. The normalized spacial score (nSPS) is 11.3. The van der Waals surface area contributed by atoms with Crippen molar-refractivity contribution in [1.29, 1.82) is 0 Å². The molecule has 2 heteroatoms. The molecule has 1 rings (SSSR count). The average molecular weight is 202 g/mol. The van der Waals surface area contributed by atoms with Crippen molar-refractivity contribution in [2.45, 2.75) is 25.9 Å². The van der Waals surface area contributed by atoms with Crippen LogP contribution < -0.4 is 0 Å². The Hall–Kier alpha value is -1.59. The zero-order valence-corrected chi connectivity index (χ0v) is 8.73. The largest absolute Gasteiger partial charge is 0.388 e. The van der Waals surface area contributed by atoms with E-state index < -0.39 is 6.10 Å². The van der Waals surface area contributed by atoms with Crippen LogP contribution in [-0.4, -0.2) is 10.9 Å². The van der Waals surface area contributed by atoms with E-state index in [0.717, 1.165) is 5.56 Å². The van der Waals surface area contributed by atoms with Crippen LogP contribution in [0.5, 0.6) is 0 Å².